The third kappa shape index (κ3) is 2.99. The quantitative estimate of drug-likeness (QED) is 0.466. The molecule has 0 atom stereocenters. The van der Waals surface area contributed by atoms with Crippen molar-refractivity contribution in [1.82, 2.24) is 0 Å². The van der Waals surface area contributed by atoms with Crippen LogP contribution in [0.3, 0.4) is 0 Å². The highest BCUT2D eigenvalue weighted by molar-refractivity contribution is 5.80. The van der Waals surface area contributed by atoms with Gasteiger partial charge in [-0.2, -0.15) is 5.26 Å². The molecule has 0 saturated carbocycles. The molecule has 4 heteroatoms. The summed E-state index contributed by atoms with van der Waals surface area (Å²) in [6.07, 6.45) is 1.29. The maximum absolute atomic E-state index is 8.89. The zero-order valence-electron chi connectivity index (χ0n) is 8.64. The first-order chi connectivity index (χ1) is 7.17. The minimum absolute atomic E-state index is 0.0226. The summed E-state index contributed by atoms with van der Waals surface area (Å²) in [5, 5.41) is 20.1. The van der Waals surface area contributed by atoms with Crippen molar-refractivity contribution in [3.63, 3.8) is 0 Å². The Morgan fingerprint density at radius 3 is 2.80 bits per heavy atom. The summed E-state index contributed by atoms with van der Waals surface area (Å²) in [4.78, 5) is 0. The number of hydrogen-bond acceptors (Lipinski definition) is 4. The van der Waals surface area contributed by atoms with E-state index in [0.29, 0.717) is 16.9 Å². The third-order valence-electron chi connectivity index (χ3n) is 1.69. The number of nitriles is 1. The van der Waals surface area contributed by atoms with Gasteiger partial charge < -0.3 is 9.94 Å². The first-order valence-corrected chi connectivity index (χ1v) is 4.55. The SMILES string of the molecule is CC(C)Oc1ccc(/C=N/O)cc1C#N. The summed E-state index contributed by atoms with van der Waals surface area (Å²) in [7, 11) is 0. The number of hydrogen-bond donors (Lipinski definition) is 1. The molecule has 0 amide bonds. The van der Waals surface area contributed by atoms with E-state index in [2.05, 4.69) is 5.16 Å². The summed E-state index contributed by atoms with van der Waals surface area (Å²) in [6.45, 7) is 3.79. The Balaban J connectivity index is 3.05. The summed E-state index contributed by atoms with van der Waals surface area (Å²) in [5.74, 6) is 0.544. The summed E-state index contributed by atoms with van der Waals surface area (Å²) in [5.41, 5.74) is 1.09. The summed E-state index contributed by atoms with van der Waals surface area (Å²) in [6, 6.07) is 7.05. The molecule has 78 valence electrons. The molecule has 1 aromatic carbocycles. The average Bonchev–Trinajstić information content (AvgIpc) is 2.20. The van der Waals surface area contributed by atoms with Crippen LogP contribution in [0.4, 0.5) is 0 Å². The highest BCUT2D eigenvalue weighted by atomic mass is 16.5. The van der Waals surface area contributed by atoms with Crippen molar-refractivity contribution in [3.8, 4) is 11.8 Å². The fourth-order valence-corrected chi connectivity index (χ4v) is 1.14. The van der Waals surface area contributed by atoms with Crippen LogP contribution in [0.2, 0.25) is 0 Å². The Labute approximate surface area is 88.4 Å². The predicted octanol–water partition coefficient (Wildman–Crippen LogP) is 2.15. The van der Waals surface area contributed by atoms with Crippen LogP contribution in [0, 0.1) is 11.3 Å². The lowest BCUT2D eigenvalue weighted by molar-refractivity contribution is 0.241. The fraction of sp³-hybridized carbons (Fsp3) is 0.273. The van der Waals surface area contributed by atoms with Crippen LogP contribution in [0.1, 0.15) is 25.0 Å². The van der Waals surface area contributed by atoms with Crippen LogP contribution in [0.15, 0.2) is 23.4 Å². The number of oxime groups is 1. The van der Waals surface area contributed by atoms with Gasteiger partial charge in [0.25, 0.3) is 0 Å². The van der Waals surface area contributed by atoms with Crippen molar-refractivity contribution in [2.45, 2.75) is 20.0 Å². The molecule has 0 unspecified atom stereocenters. The van der Waals surface area contributed by atoms with Crippen LogP contribution in [-0.2, 0) is 0 Å². The van der Waals surface area contributed by atoms with E-state index in [0.717, 1.165) is 0 Å². The van der Waals surface area contributed by atoms with E-state index < -0.39 is 0 Å². The van der Waals surface area contributed by atoms with Crippen molar-refractivity contribution >= 4 is 6.21 Å². The van der Waals surface area contributed by atoms with Gasteiger partial charge in [0.05, 0.1) is 17.9 Å². The standard InChI is InChI=1S/C11H12N2O2/c1-8(2)15-11-4-3-9(7-13-14)5-10(11)6-12/h3-5,7-8,14H,1-2H3/b13-7+. The monoisotopic (exact) mass is 204 g/mol. The fourth-order valence-electron chi connectivity index (χ4n) is 1.14. The lowest BCUT2D eigenvalue weighted by Crippen LogP contribution is -2.06. The second-order valence-electron chi connectivity index (χ2n) is 3.28. The largest absolute Gasteiger partial charge is 0.490 e. The topological polar surface area (TPSA) is 65.6 Å². The second kappa shape index (κ2) is 5.01. The molecule has 1 aromatic rings. The maximum atomic E-state index is 8.89. The van der Waals surface area contributed by atoms with Gasteiger partial charge in [0.1, 0.15) is 11.8 Å². The molecule has 0 aromatic heterocycles. The first kappa shape index (κ1) is 11.1. The van der Waals surface area contributed by atoms with Gasteiger partial charge in [-0.05, 0) is 37.6 Å². The lowest BCUT2D eigenvalue weighted by Gasteiger charge is -2.11. The van der Waals surface area contributed by atoms with Crippen molar-refractivity contribution in [2.24, 2.45) is 5.16 Å². The van der Waals surface area contributed by atoms with Gasteiger partial charge >= 0.3 is 0 Å². The maximum Gasteiger partial charge on any atom is 0.137 e. The van der Waals surface area contributed by atoms with Gasteiger partial charge in [0, 0.05) is 0 Å². The molecule has 0 aliphatic heterocycles. The number of benzene rings is 1. The minimum atomic E-state index is 0.0226. The molecule has 0 fully saturated rings. The molecule has 0 aliphatic carbocycles. The minimum Gasteiger partial charge on any atom is -0.490 e. The van der Waals surface area contributed by atoms with Crippen molar-refractivity contribution < 1.29 is 9.94 Å². The van der Waals surface area contributed by atoms with Gasteiger partial charge in [-0.25, -0.2) is 0 Å². The molecule has 1 N–H and O–H groups in total. The van der Waals surface area contributed by atoms with Gasteiger partial charge in [0.15, 0.2) is 0 Å². The van der Waals surface area contributed by atoms with Gasteiger partial charge in [-0.1, -0.05) is 5.16 Å². The highest BCUT2D eigenvalue weighted by Crippen LogP contribution is 2.19. The second-order valence-corrected chi connectivity index (χ2v) is 3.28. The molecular weight excluding hydrogens is 192 g/mol. The zero-order chi connectivity index (χ0) is 11.3. The van der Waals surface area contributed by atoms with Crippen LogP contribution >= 0.6 is 0 Å². The van der Waals surface area contributed by atoms with Gasteiger partial charge in [-0.3, -0.25) is 0 Å². The number of rotatable bonds is 3. The van der Waals surface area contributed by atoms with E-state index in [4.69, 9.17) is 15.2 Å². The van der Waals surface area contributed by atoms with Crippen LogP contribution < -0.4 is 4.74 Å². The molecular formula is C11H12N2O2. The Morgan fingerprint density at radius 1 is 1.53 bits per heavy atom. The van der Waals surface area contributed by atoms with Crippen LogP contribution in [0.5, 0.6) is 5.75 Å². The van der Waals surface area contributed by atoms with Crippen LogP contribution in [-0.4, -0.2) is 17.5 Å². The highest BCUT2D eigenvalue weighted by Gasteiger charge is 2.05. The Bertz CT molecular complexity index is 406. The van der Waals surface area contributed by atoms with Crippen LogP contribution in [0.25, 0.3) is 0 Å². The van der Waals surface area contributed by atoms with E-state index in [1.54, 1.807) is 18.2 Å². The Kier molecular flexibility index (Phi) is 3.69. The molecule has 0 spiro atoms. The average molecular weight is 204 g/mol. The van der Waals surface area contributed by atoms with E-state index in [1.165, 1.54) is 6.21 Å². The molecule has 4 nitrogen and oxygen atoms in total. The molecule has 0 heterocycles. The smallest absolute Gasteiger partial charge is 0.137 e. The lowest BCUT2D eigenvalue weighted by atomic mass is 10.1. The number of ether oxygens (including phenoxy) is 1. The normalized spacial score (nSPS) is 10.5. The Hall–Kier alpha value is -2.02. The first-order valence-electron chi connectivity index (χ1n) is 4.55. The van der Waals surface area contributed by atoms with Crippen molar-refractivity contribution in [3.05, 3.63) is 29.3 Å². The molecule has 0 saturated heterocycles. The van der Waals surface area contributed by atoms with Gasteiger partial charge in [-0.15, -0.1) is 0 Å². The number of nitrogens with zero attached hydrogens (tertiary/aromatic N) is 2. The molecule has 15 heavy (non-hydrogen) atoms. The van der Waals surface area contributed by atoms with Crippen molar-refractivity contribution in [2.75, 3.05) is 0 Å². The van der Waals surface area contributed by atoms with E-state index in [1.807, 2.05) is 19.9 Å². The Morgan fingerprint density at radius 2 is 2.27 bits per heavy atom. The third-order valence-corrected chi connectivity index (χ3v) is 1.69. The molecule has 0 radical (unpaired) electrons. The summed E-state index contributed by atoms with van der Waals surface area (Å²) >= 11 is 0. The molecule has 1 rings (SSSR count). The van der Waals surface area contributed by atoms with Gasteiger partial charge in [0.2, 0.25) is 0 Å². The van der Waals surface area contributed by atoms with E-state index in [9.17, 15) is 0 Å². The summed E-state index contributed by atoms with van der Waals surface area (Å²) < 4.78 is 5.44. The van der Waals surface area contributed by atoms with Crippen molar-refractivity contribution in [1.29, 1.82) is 5.26 Å². The zero-order valence-corrected chi connectivity index (χ0v) is 8.64. The molecule has 0 aliphatic rings. The van der Waals surface area contributed by atoms with E-state index >= 15 is 0 Å². The van der Waals surface area contributed by atoms with E-state index in [-0.39, 0.29) is 6.10 Å². The predicted molar refractivity (Wildman–Crippen MR) is 56.3 cm³/mol. The molecule has 0 bridgehead atoms.